The molecule has 10 nitrogen and oxygen atoms in total. The summed E-state index contributed by atoms with van der Waals surface area (Å²) >= 11 is 0. The van der Waals surface area contributed by atoms with Crippen LogP contribution in [0.1, 0.15) is 27.2 Å². The number of aliphatic hydroxyl groups is 1. The largest absolute Gasteiger partial charge is 0.443 e. The fourth-order valence-corrected chi connectivity index (χ4v) is 5.45. The number of nitrogens with zero attached hydrogens (tertiary/aromatic N) is 4. The van der Waals surface area contributed by atoms with Gasteiger partial charge in [-0.1, -0.05) is 0 Å². The Morgan fingerprint density at radius 3 is 2.60 bits per heavy atom. The lowest BCUT2D eigenvalue weighted by atomic mass is 9.74. The van der Waals surface area contributed by atoms with Gasteiger partial charge in [0.2, 0.25) is 9.84 Å². The first-order valence-electron chi connectivity index (χ1n) is 11.4. The number of aliphatic hydroxyl groups excluding tert-OH is 1. The summed E-state index contributed by atoms with van der Waals surface area (Å²) in [5, 5.41) is 10.6. The fraction of sp³-hybridized carbons (Fsp3) is 0.522. The lowest BCUT2D eigenvalue weighted by molar-refractivity contribution is -0.00399. The van der Waals surface area contributed by atoms with Gasteiger partial charge in [-0.3, -0.25) is 4.90 Å². The molecular formula is C23H28FN5O5S. The van der Waals surface area contributed by atoms with E-state index in [1.807, 2.05) is 4.90 Å². The summed E-state index contributed by atoms with van der Waals surface area (Å²) in [6.07, 6.45) is 0.642. The van der Waals surface area contributed by atoms with Gasteiger partial charge in [0.05, 0.1) is 22.7 Å². The van der Waals surface area contributed by atoms with Gasteiger partial charge in [0.15, 0.2) is 0 Å². The van der Waals surface area contributed by atoms with Crippen LogP contribution >= 0.6 is 0 Å². The molecule has 3 heterocycles. The Morgan fingerprint density at radius 1 is 1.29 bits per heavy atom. The van der Waals surface area contributed by atoms with E-state index in [1.54, 1.807) is 20.8 Å². The molecule has 35 heavy (non-hydrogen) atoms. The van der Waals surface area contributed by atoms with Crippen molar-refractivity contribution in [2.75, 3.05) is 36.2 Å². The Hall–Kier alpha value is -2.99. The van der Waals surface area contributed by atoms with Crippen LogP contribution in [-0.2, 0) is 14.6 Å². The quantitative estimate of drug-likeness (QED) is 0.520. The number of sulfone groups is 1. The van der Waals surface area contributed by atoms with Crippen molar-refractivity contribution in [1.82, 2.24) is 15.0 Å². The number of carbonyl (C=O) groups excluding carboxylic acids is 1. The molecule has 12 heteroatoms. The van der Waals surface area contributed by atoms with Crippen LogP contribution in [0.4, 0.5) is 20.7 Å². The van der Waals surface area contributed by atoms with Crippen LogP contribution in [0.25, 0.3) is 21.9 Å². The molecule has 2 N–H and O–H groups in total. The second-order valence-electron chi connectivity index (χ2n) is 10.5. The predicted octanol–water partition coefficient (Wildman–Crippen LogP) is 2.84. The van der Waals surface area contributed by atoms with Crippen LogP contribution in [0, 0.1) is 17.7 Å². The zero-order valence-corrected chi connectivity index (χ0v) is 21.0. The molecule has 2 unspecified atom stereocenters. The number of nitrogens with one attached hydrogen (secondary N) is 1. The van der Waals surface area contributed by atoms with Crippen molar-refractivity contribution >= 4 is 49.4 Å². The predicted molar refractivity (Wildman–Crippen MR) is 129 cm³/mol. The molecule has 1 aliphatic carbocycles. The van der Waals surface area contributed by atoms with Crippen molar-refractivity contribution in [3.63, 3.8) is 0 Å². The van der Waals surface area contributed by atoms with Crippen LogP contribution in [-0.4, -0.2) is 72.7 Å². The van der Waals surface area contributed by atoms with Gasteiger partial charge in [0, 0.05) is 37.7 Å². The molecule has 1 saturated carbocycles. The second-order valence-corrected chi connectivity index (χ2v) is 12.4. The highest BCUT2D eigenvalue weighted by Gasteiger charge is 2.47. The number of halogens is 1. The summed E-state index contributed by atoms with van der Waals surface area (Å²) in [5.74, 6) is 0.142. The molecule has 1 aromatic carbocycles. The number of benzene rings is 1. The minimum absolute atomic E-state index is 0.0810. The Kier molecular flexibility index (Phi) is 5.26. The number of aromatic amines is 1. The maximum absolute atomic E-state index is 14.9. The van der Waals surface area contributed by atoms with Gasteiger partial charge < -0.3 is 19.7 Å². The Morgan fingerprint density at radius 2 is 2.00 bits per heavy atom. The number of hydrogen-bond donors (Lipinski definition) is 2. The third-order valence-corrected chi connectivity index (χ3v) is 7.50. The topological polar surface area (TPSA) is 129 Å². The first kappa shape index (κ1) is 23.7. The molecule has 1 aliphatic heterocycles. The average molecular weight is 506 g/mol. The average Bonchev–Trinajstić information content (AvgIpc) is 3.27. The third-order valence-electron chi connectivity index (χ3n) is 6.65. The molecule has 188 valence electrons. The number of ether oxygens (including phenoxy) is 1. The van der Waals surface area contributed by atoms with Crippen molar-refractivity contribution in [3.8, 4) is 0 Å². The number of H-pyrrole nitrogens is 1. The van der Waals surface area contributed by atoms with Gasteiger partial charge in [0.25, 0.3) is 5.16 Å². The first-order valence-corrected chi connectivity index (χ1v) is 13.2. The minimum Gasteiger partial charge on any atom is -0.443 e. The van der Waals surface area contributed by atoms with E-state index in [9.17, 15) is 22.7 Å². The molecule has 0 radical (unpaired) electrons. The van der Waals surface area contributed by atoms with Gasteiger partial charge in [-0.2, -0.15) is 4.98 Å². The van der Waals surface area contributed by atoms with E-state index >= 15 is 0 Å². The van der Waals surface area contributed by atoms with Crippen LogP contribution in [0.15, 0.2) is 17.3 Å². The normalized spacial score (nSPS) is 22.4. The first-order chi connectivity index (χ1) is 16.2. The molecule has 1 amide bonds. The maximum atomic E-state index is 14.9. The third kappa shape index (κ3) is 4.08. The summed E-state index contributed by atoms with van der Waals surface area (Å²) in [4.78, 5) is 27.6. The van der Waals surface area contributed by atoms with Crippen LogP contribution in [0.2, 0.25) is 0 Å². The molecule has 3 atom stereocenters. The van der Waals surface area contributed by atoms with Crippen LogP contribution in [0.5, 0.6) is 0 Å². The highest BCUT2D eigenvalue weighted by molar-refractivity contribution is 7.90. The monoisotopic (exact) mass is 505 g/mol. The fourth-order valence-electron chi connectivity index (χ4n) is 4.94. The molecule has 3 aromatic rings. The number of rotatable bonds is 3. The standard InChI is InChI=1S/C23H28FN5O5S/c1-23(2,3)34-22(31)28(4)15-8-12(24)7-13-17-19(25-18(13)15)26-21(35(5,32)33)27-20(17)29-9-11-6-16(30)14(11)10-29/h7-8,11,14,16,30H,6,9-10H2,1-5H3,(H,25,26,27)/t11?,14?,16-/m1/s1. The summed E-state index contributed by atoms with van der Waals surface area (Å²) in [6, 6.07) is 2.52. The van der Waals surface area contributed by atoms with E-state index in [2.05, 4.69) is 15.0 Å². The SMILES string of the molecule is CN(C(=O)OC(C)(C)C)c1cc(F)cc2c1[nH]c1nc(S(C)(=O)=O)nc(N3CC4C[C@@H](O)C4C3)c12. The van der Waals surface area contributed by atoms with Gasteiger partial charge in [0.1, 0.15) is 22.9 Å². The second kappa shape index (κ2) is 7.76. The van der Waals surface area contributed by atoms with Gasteiger partial charge in [-0.25, -0.2) is 22.6 Å². The van der Waals surface area contributed by atoms with E-state index in [-0.39, 0.29) is 28.3 Å². The van der Waals surface area contributed by atoms with Gasteiger partial charge in [-0.15, -0.1) is 0 Å². The van der Waals surface area contributed by atoms with Crippen molar-refractivity contribution in [2.45, 2.75) is 44.1 Å². The minimum atomic E-state index is -3.75. The summed E-state index contributed by atoms with van der Waals surface area (Å²) in [7, 11) is -2.28. The molecule has 2 fully saturated rings. The lowest BCUT2D eigenvalue weighted by Crippen LogP contribution is -2.39. The smallest absolute Gasteiger partial charge is 0.414 e. The van der Waals surface area contributed by atoms with Crippen LogP contribution in [0.3, 0.4) is 0 Å². The lowest BCUT2D eigenvalue weighted by Gasteiger charge is -2.34. The van der Waals surface area contributed by atoms with E-state index in [0.717, 1.165) is 6.26 Å². The van der Waals surface area contributed by atoms with Crippen molar-refractivity contribution in [2.24, 2.45) is 11.8 Å². The summed E-state index contributed by atoms with van der Waals surface area (Å²) in [5.41, 5.74) is 0.0878. The Bertz CT molecular complexity index is 1460. The zero-order valence-electron chi connectivity index (χ0n) is 20.2. The van der Waals surface area contributed by atoms with Crippen molar-refractivity contribution in [1.29, 1.82) is 0 Å². The van der Waals surface area contributed by atoms with E-state index in [4.69, 9.17) is 4.74 Å². The van der Waals surface area contributed by atoms with Crippen molar-refractivity contribution in [3.05, 3.63) is 17.9 Å². The van der Waals surface area contributed by atoms with E-state index in [1.165, 1.54) is 24.1 Å². The molecule has 5 rings (SSSR count). The Labute approximate surface area is 202 Å². The maximum Gasteiger partial charge on any atom is 0.414 e. The Balaban J connectivity index is 1.72. The highest BCUT2D eigenvalue weighted by Crippen LogP contribution is 2.45. The van der Waals surface area contributed by atoms with E-state index in [0.29, 0.717) is 41.6 Å². The van der Waals surface area contributed by atoms with E-state index < -0.39 is 33.5 Å². The number of amides is 1. The summed E-state index contributed by atoms with van der Waals surface area (Å²) in [6.45, 7) is 6.31. The van der Waals surface area contributed by atoms with Crippen LogP contribution < -0.4 is 9.80 Å². The zero-order chi connectivity index (χ0) is 25.4. The van der Waals surface area contributed by atoms with Crippen molar-refractivity contribution < 1.29 is 27.4 Å². The number of carbonyl (C=O) groups is 1. The molecule has 2 aliphatic rings. The summed E-state index contributed by atoms with van der Waals surface area (Å²) < 4.78 is 45.0. The number of hydrogen-bond acceptors (Lipinski definition) is 8. The highest BCUT2D eigenvalue weighted by atomic mass is 32.2. The number of fused-ring (bicyclic) bond motifs is 4. The number of anilines is 2. The van der Waals surface area contributed by atoms with Gasteiger partial charge in [-0.05, 0) is 45.2 Å². The molecule has 1 saturated heterocycles. The molecule has 2 aromatic heterocycles. The number of aromatic nitrogens is 3. The molecular weight excluding hydrogens is 477 g/mol. The molecule has 0 bridgehead atoms. The van der Waals surface area contributed by atoms with Gasteiger partial charge >= 0.3 is 6.09 Å². The molecule has 0 spiro atoms.